The minimum Gasteiger partial charge on any atom is -0.506 e. The molecule has 4 heteroatoms. The largest absolute Gasteiger partial charge is 0.506 e. The van der Waals surface area contributed by atoms with Crippen molar-refractivity contribution in [3.63, 3.8) is 0 Å². The molecule has 1 amide bonds. The van der Waals surface area contributed by atoms with Gasteiger partial charge in [0.1, 0.15) is 5.75 Å². The molecular formula is C16H18N2O2. The number of carbonyl (C=O) groups excluding carboxylic acids is 1. The Morgan fingerprint density at radius 2 is 1.90 bits per heavy atom. The van der Waals surface area contributed by atoms with Gasteiger partial charge in [0.2, 0.25) is 0 Å². The van der Waals surface area contributed by atoms with Gasteiger partial charge in [-0.15, -0.1) is 0 Å². The Kier molecular flexibility index (Phi) is 4.35. The number of nitrogens with one attached hydrogen (secondary N) is 1. The highest BCUT2D eigenvalue weighted by molar-refractivity contribution is 5.94. The molecule has 1 heterocycles. The first-order chi connectivity index (χ1) is 9.58. The van der Waals surface area contributed by atoms with Crippen molar-refractivity contribution in [1.82, 2.24) is 10.3 Å². The summed E-state index contributed by atoms with van der Waals surface area (Å²) in [5, 5.41) is 12.4. The summed E-state index contributed by atoms with van der Waals surface area (Å²) in [5.41, 5.74) is 1.41. The summed E-state index contributed by atoms with van der Waals surface area (Å²) in [7, 11) is 0. The Morgan fingerprint density at radius 1 is 1.20 bits per heavy atom. The van der Waals surface area contributed by atoms with Crippen molar-refractivity contribution in [2.45, 2.75) is 19.9 Å². The number of benzene rings is 1. The van der Waals surface area contributed by atoms with Gasteiger partial charge >= 0.3 is 0 Å². The smallest absolute Gasteiger partial charge is 0.253 e. The Hall–Kier alpha value is -2.36. The molecule has 2 aromatic rings. The Balaban J connectivity index is 2.19. The van der Waals surface area contributed by atoms with Gasteiger partial charge in [0, 0.05) is 6.20 Å². The van der Waals surface area contributed by atoms with Crippen molar-refractivity contribution >= 4 is 5.91 Å². The van der Waals surface area contributed by atoms with Crippen LogP contribution < -0.4 is 5.32 Å². The Labute approximate surface area is 118 Å². The number of hydrogen-bond donors (Lipinski definition) is 2. The van der Waals surface area contributed by atoms with E-state index in [9.17, 15) is 9.90 Å². The van der Waals surface area contributed by atoms with Gasteiger partial charge in [0.25, 0.3) is 5.91 Å². The third-order valence-corrected chi connectivity index (χ3v) is 3.10. The molecule has 0 aliphatic heterocycles. The molecule has 0 aliphatic carbocycles. The molecule has 2 N–H and O–H groups in total. The minimum atomic E-state index is -0.240. The monoisotopic (exact) mass is 270 g/mol. The quantitative estimate of drug-likeness (QED) is 0.898. The lowest BCUT2D eigenvalue weighted by atomic mass is 9.96. The molecule has 0 bridgehead atoms. The van der Waals surface area contributed by atoms with Crippen LogP contribution in [0.25, 0.3) is 0 Å². The van der Waals surface area contributed by atoms with Crippen LogP contribution in [0.5, 0.6) is 5.75 Å². The fourth-order valence-electron chi connectivity index (χ4n) is 2.07. The normalized spacial score (nSPS) is 12.2. The highest BCUT2D eigenvalue weighted by atomic mass is 16.3. The number of rotatable bonds is 4. The van der Waals surface area contributed by atoms with Crippen molar-refractivity contribution in [2.24, 2.45) is 5.92 Å². The molecule has 2 rings (SSSR count). The number of pyridine rings is 1. The highest BCUT2D eigenvalue weighted by Gasteiger charge is 2.19. The number of nitrogens with zero attached hydrogens (tertiary/aromatic N) is 1. The Bertz CT molecular complexity index is 582. The van der Waals surface area contributed by atoms with E-state index in [1.807, 2.05) is 30.3 Å². The third-order valence-electron chi connectivity index (χ3n) is 3.10. The van der Waals surface area contributed by atoms with E-state index in [0.29, 0.717) is 5.56 Å². The van der Waals surface area contributed by atoms with Crippen LogP contribution in [0.1, 0.15) is 35.8 Å². The lowest BCUT2D eigenvalue weighted by molar-refractivity contribution is 0.0925. The first kappa shape index (κ1) is 14.1. The molecule has 20 heavy (non-hydrogen) atoms. The zero-order valence-electron chi connectivity index (χ0n) is 11.6. The topological polar surface area (TPSA) is 62.2 Å². The molecule has 0 spiro atoms. The van der Waals surface area contributed by atoms with Gasteiger partial charge in [-0.05, 0) is 17.5 Å². The molecule has 0 aliphatic rings. The molecule has 0 saturated heterocycles. The fourth-order valence-corrected chi connectivity index (χ4v) is 2.07. The van der Waals surface area contributed by atoms with Gasteiger partial charge in [-0.3, -0.25) is 9.78 Å². The zero-order chi connectivity index (χ0) is 14.5. The van der Waals surface area contributed by atoms with Crippen LogP contribution in [0.3, 0.4) is 0 Å². The minimum absolute atomic E-state index is 0.0153. The summed E-state index contributed by atoms with van der Waals surface area (Å²) in [5.74, 6) is 0.000953. The maximum absolute atomic E-state index is 12.2. The van der Waals surface area contributed by atoms with E-state index >= 15 is 0 Å². The molecule has 1 atom stereocenters. The van der Waals surface area contributed by atoms with E-state index in [1.54, 1.807) is 0 Å². The summed E-state index contributed by atoms with van der Waals surface area (Å²) in [6, 6.07) is 11.2. The molecular weight excluding hydrogens is 252 g/mol. The predicted molar refractivity (Wildman–Crippen MR) is 77.4 cm³/mol. The van der Waals surface area contributed by atoms with Crippen LogP contribution in [0, 0.1) is 5.92 Å². The van der Waals surface area contributed by atoms with Gasteiger partial charge in [0.05, 0.1) is 17.8 Å². The first-order valence-electron chi connectivity index (χ1n) is 6.57. The standard InChI is InChI=1S/C16H18N2O2/c1-11(2)15(12-6-4-3-5-7-12)18-16(20)13-8-14(19)10-17-9-13/h3-11,15,19H,1-2H3,(H,18,20). The second-order valence-corrected chi connectivity index (χ2v) is 5.04. The van der Waals surface area contributed by atoms with Crippen LogP contribution in [0.2, 0.25) is 0 Å². The van der Waals surface area contributed by atoms with Gasteiger partial charge in [-0.2, -0.15) is 0 Å². The van der Waals surface area contributed by atoms with Crippen LogP contribution >= 0.6 is 0 Å². The number of carbonyl (C=O) groups is 1. The first-order valence-corrected chi connectivity index (χ1v) is 6.57. The van der Waals surface area contributed by atoms with Crippen LogP contribution in [0.4, 0.5) is 0 Å². The van der Waals surface area contributed by atoms with Crippen molar-refractivity contribution in [3.05, 3.63) is 59.9 Å². The van der Waals surface area contributed by atoms with Crippen molar-refractivity contribution in [2.75, 3.05) is 0 Å². The predicted octanol–water partition coefficient (Wildman–Crippen LogP) is 2.91. The average Bonchev–Trinajstić information content (AvgIpc) is 2.45. The van der Waals surface area contributed by atoms with Gasteiger partial charge in [0.15, 0.2) is 0 Å². The summed E-state index contributed by atoms with van der Waals surface area (Å²) in [6.07, 6.45) is 2.74. The van der Waals surface area contributed by atoms with E-state index < -0.39 is 0 Å². The molecule has 1 unspecified atom stereocenters. The summed E-state index contributed by atoms with van der Waals surface area (Å²) < 4.78 is 0. The van der Waals surface area contributed by atoms with Crippen LogP contribution in [-0.2, 0) is 0 Å². The van der Waals surface area contributed by atoms with Crippen LogP contribution in [-0.4, -0.2) is 16.0 Å². The zero-order valence-corrected chi connectivity index (χ0v) is 11.6. The molecule has 1 aromatic carbocycles. The number of hydrogen-bond acceptors (Lipinski definition) is 3. The highest BCUT2D eigenvalue weighted by Crippen LogP contribution is 2.22. The molecule has 0 fully saturated rings. The molecule has 4 nitrogen and oxygen atoms in total. The molecule has 1 aromatic heterocycles. The average molecular weight is 270 g/mol. The van der Waals surface area contributed by atoms with E-state index in [1.165, 1.54) is 18.5 Å². The lowest BCUT2D eigenvalue weighted by Gasteiger charge is -2.23. The molecule has 0 radical (unpaired) electrons. The van der Waals surface area contributed by atoms with Gasteiger partial charge in [-0.1, -0.05) is 44.2 Å². The van der Waals surface area contributed by atoms with Crippen molar-refractivity contribution < 1.29 is 9.90 Å². The second-order valence-electron chi connectivity index (χ2n) is 5.04. The van der Waals surface area contributed by atoms with E-state index in [-0.39, 0.29) is 23.6 Å². The molecule has 0 saturated carbocycles. The Morgan fingerprint density at radius 3 is 2.50 bits per heavy atom. The summed E-state index contributed by atoms with van der Waals surface area (Å²) in [6.45, 7) is 4.11. The number of aromatic nitrogens is 1. The lowest BCUT2D eigenvalue weighted by Crippen LogP contribution is -2.31. The maximum Gasteiger partial charge on any atom is 0.253 e. The number of amides is 1. The van der Waals surface area contributed by atoms with Gasteiger partial charge < -0.3 is 10.4 Å². The SMILES string of the molecule is CC(C)C(NC(=O)c1cncc(O)c1)c1ccccc1. The second kappa shape index (κ2) is 6.19. The summed E-state index contributed by atoms with van der Waals surface area (Å²) in [4.78, 5) is 16.0. The summed E-state index contributed by atoms with van der Waals surface area (Å²) >= 11 is 0. The van der Waals surface area contributed by atoms with E-state index in [2.05, 4.69) is 24.1 Å². The molecule has 104 valence electrons. The van der Waals surface area contributed by atoms with Gasteiger partial charge in [-0.25, -0.2) is 0 Å². The number of aromatic hydroxyl groups is 1. The van der Waals surface area contributed by atoms with Crippen LogP contribution in [0.15, 0.2) is 48.8 Å². The fraction of sp³-hybridized carbons (Fsp3) is 0.250. The third kappa shape index (κ3) is 3.35. The van der Waals surface area contributed by atoms with Crippen molar-refractivity contribution in [1.29, 1.82) is 0 Å². The maximum atomic E-state index is 12.2. The van der Waals surface area contributed by atoms with E-state index in [4.69, 9.17) is 0 Å². The van der Waals surface area contributed by atoms with E-state index in [0.717, 1.165) is 5.56 Å². The van der Waals surface area contributed by atoms with Crippen molar-refractivity contribution in [3.8, 4) is 5.75 Å².